The van der Waals surface area contributed by atoms with Crippen LogP contribution in [0.5, 0.6) is 0 Å². The van der Waals surface area contributed by atoms with Crippen molar-refractivity contribution in [3.8, 4) is 11.5 Å². The topological polar surface area (TPSA) is 93.3 Å². The molecular weight excluding hydrogens is 346 g/mol. The highest BCUT2D eigenvalue weighted by Gasteiger charge is 2.29. The normalized spacial score (nSPS) is 20.6. The Hall–Kier alpha value is -2.45. The number of aromatic nitrogens is 4. The van der Waals surface area contributed by atoms with Crippen LogP contribution in [0.1, 0.15) is 49.1 Å². The Balaban J connectivity index is 1.24. The summed E-state index contributed by atoms with van der Waals surface area (Å²) in [5, 5.41) is 18.1. The average molecular weight is 369 g/mol. The number of aliphatic hydroxyl groups is 1. The fraction of sp³-hybridized carbons (Fsp3) is 0.526. The minimum absolute atomic E-state index is 0.205. The van der Waals surface area contributed by atoms with Crippen LogP contribution in [0.25, 0.3) is 11.5 Å². The molecule has 0 spiro atoms. The zero-order valence-corrected chi connectivity index (χ0v) is 15.1. The van der Waals surface area contributed by atoms with Crippen LogP contribution in [-0.2, 0) is 13.1 Å². The third-order valence-corrected chi connectivity index (χ3v) is 5.34. The molecule has 2 fully saturated rings. The first-order valence-corrected chi connectivity index (χ1v) is 9.58. The van der Waals surface area contributed by atoms with E-state index in [2.05, 4.69) is 20.1 Å². The van der Waals surface area contributed by atoms with Gasteiger partial charge >= 0.3 is 0 Å². The van der Waals surface area contributed by atoms with Crippen LogP contribution >= 0.6 is 0 Å². The fourth-order valence-corrected chi connectivity index (χ4v) is 3.66. The van der Waals surface area contributed by atoms with Gasteiger partial charge in [0.1, 0.15) is 18.0 Å². The molecule has 1 aliphatic heterocycles. The molecular formula is C19H23N5O3. The van der Waals surface area contributed by atoms with Gasteiger partial charge in [-0.1, -0.05) is 5.16 Å². The number of furan rings is 1. The summed E-state index contributed by atoms with van der Waals surface area (Å²) in [6, 6.07) is 6.11. The molecule has 0 aromatic carbocycles. The lowest BCUT2D eigenvalue weighted by molar-refractivity contribution is 0.146. The van der Waals surface area contributed by atoms with Crippen molar-refractivity contribution in [2.24, 2.45) is 0 Å². The minimum Gasteiger partial charge on any atom is -0.458 e. The predicted octanol–water partition coefficient (Wildman–Crippen LogP) is 2.41. The number of likely N-dealkylation sites (tertiary alicyclic amines) is 1. The number of aliphatic hydroxyl groups excluding tert-OH is 1. The monoisotopic (exact) mass is 369 g/mol. The second-order valence-corrected chi connectivity index (χ2v) is 7.44. The van der Waals surface area contributed by atoms with E-state index in [1.54, 1.807) is 4.68 Å². The van der Waals surface area contributed by atoms with Crippen LogP contribution in [-0.4, -0.2) is 49.1 Å². The molecule has 8 nitrogen and oxygen atoms in total. The summed E-state index contributed by atoms with van der Waals surface area (Å²) in [6.45, 7) is 2.41. The minimum atomic E-state index is 0.205. The van der Waals surface area contributed by atoms with Gasteiger partial charge in [0, 0.05) is 18.2 Å². The molecule has 3 aromatic rings. The Morgan fingerprint density at radius 2 is 2.07 bits per heavy atom. The van der Waals surface area contributed by atoms with Crippen LogP contribution in [0.4, 0.5) is 0 Å². The maximum atomic E-state index is 9.45. The molecule has 0 bridgehead atoms. The van der Waals surface area contributed by atoms with E-state index in [0.29, 0.717) is 18.3 Å². The standard InChI is InChI=1S/C19H23N5O3/c25-12-14-2-1-8-23(14)10-15-5-6-17(26-15)16-7-9-24(21-16)11-18-20-19(27-22-18)13-3-4-13/h5-7,9,13-14,25H,1-4,8,10-12H2/t14-/m1/s1. The second-order valence-electron chi connectivity index (χ2n) is 7.44. The Labute approximate surface area is 156 Å². The van der Waals surface area contributed by atoms with Crippen LogP contribution in [0.15, 0.2) is 33.3 Å². The van der Waals surface area contributed by atoms with E-state index in [0.717, 1.165) is 61.9 Å². The van der Waals surface area contributed by atoms with Crippen molar-refractivity contribution in [2.45, 2.75) is 50.7 Å². The van der Waals surface area contributed by atoms with Gasteiger partial charge in [0.05, 0.1) is 13.2 Å². The van der Waals surface area contributed by atoms with E-state index in [4.69, 9.17) is 8.94 Å². The molecule has 1 N–H and O–H groups in total. The van der Waals surface area contributed by atoms with Gasteiger partial charge in [-0.2, -0.15) is 10.1 Å². The summed E-state index contributed by atoms with van der Waals surface area (Å²) >= 11 is 0. The summed E-state index contributed by atoms with van der Waals surface area (Å²) < 4.78 is 13.1. The van der Waals surface area contributed by atoms with Gasteiger partial charge in [0.15, 0.2) is 11.6 Å². The number of nitrogens with zero attached hydrogens (tertiary/aromatic N) is 5. The van der Waals surface area contributed by atoms with Crippen molar-refractivity contribution in [3.05, 3.63) is 41.9 Å². The summed E-state index contributed by atoms with van der Waals surface area (Å²) in [7, 11) is 0. The second kappa shape index (κ2) is 6.94. The molecule has 1 saturated heterocycles. The molecule has 0 radical (unpaired) electrons. The first-order valence-electron chi connectivity index (χ1n) is 9.58. The fourth-order valence-electron chi connectivity index (χ4n) is 3.66. The van der Waals surface area contributed by atoms with Crippen LogP contribution in [0.3, 0.4) is 0 Å². The van der Waals surface area contributed by atoms with E-state index in [1.807, 2.05) is 24.4 Å². The lowest BCUT2D eigenvalue weighted by Gasteiger charge is -2.21. The molecule has 142 valence electrons. The summed E-state index contributed by atoms with van der Waals surface area (Å²) in [6.07, 6.45) is 6.36. The summed E-state index contributed by atoms with van der Waals surface area (Å²) in [5.41, 5.74) is 0.785. The number of hydrogen-bond acceptors (Lipinski definition) is 7. The molecule has 0 unspecified atom stereocenters. The van der Waals surface area contributed by atoms with E-state index < -0.39 is 0 Å². The van der Waals surface area contributed by atoms with Gasteiger partial charge in [-0.05, 0) is 50.4 Å². The zero-order chi connectivity index (χ0) is 18.2. The lowest BCUT2D eigenvalue weighted by Crippen LogP contribution is -2.31. The van der Waals surface area contributed by atoms with E-state index in [-0.39, 0.29) is 12.6 Å². The molecule has 1 saturated carbocycles. The highest BCUT2D eigenvalue weighted by atomic mass is 16.5. The average Bonchev–Trinajstić information content (AvgIpc) is 3.12. The quantitative estimate of drug-likeness (QED) is 0.683. The van der Waals surface area contributed by atoms with Gasteiger partial charge in [0.2, 0.25) is 5.89 Å². The smallest absolute Gasteiger partial charge is 0.229 e. The van der Waals surface area contributed by atoms with Gasteiger partial charge < -0.3 is 14.0 Å². The molecule has 1 atom stereocenters. The van der Waals surface area contributed by atoms with Gasteiger partial charge in [-0.3, -0.25) is 9.58 Å². The molecule has 0 amide bonds. The first-order chi connectivity index (χ1) is 13.3. The molecule has 5 rings (SSSR count). The largest absolute Gasteiger partial charge is 0.458 e. The number of hydrogen-bond donors (Lipinski definition) is 1. The highest BCUT2D eigenvalue weighted by molar-refractivity contribution is 5.51. The predicted molar refractivity (Wildman–Crippen MR) is 95.8 cm³/mol. The van der Waals surface area contributed by atoms with E-state index >= 15 is 0 Å². The number of rotatable bonds is 7. The van der Waals surface area contributed by atoms with Crippen LogP contribution < -0.4 is 0 Å². The third kappa shape index (κ3) is 3.54. The Kier molecular flexibility index (Phi) is 4.29. The van der Waals surface area contributed by atoms with Crippen molar-refractivity contribution in [1.82, 2.24) is 24.8 Å². The van der Waals surface area contributed by atoms with Crippen molar-refractivity contribution in [1.29, 1.82) is 0 Å². The molecule has 3 aromatic heterocycles. The lowest BCUT2D eigenvalue weighted by atomic mass is 10.2. The maximum absolute atomic E-state index is 9.45. The Bertz CT molecular complexity index is 910. The van der Waals surface area contributed by atoms with Crippen LogP contribution in [0.2, 0.25) is 0 Å². The Morgan fingerprint density at radius 3 is 2.93 bits per heavy atom. The molecule has 27 heavy (non-hydrogen) atoms. The molecule has 2 aliphatic rings. The summed E-state index contributed by atoms with van der Waals surface area (Å²) in [5.74, 6) is 3.50. The van der Waals surface area contributed by atoms with Gasteiger partial charge in [0.25, 0.3) is 0 Å². The highest BCUT2D eigenvalue weighted by Crippen LogP contribution is 2.38. The van der Waals surface area contributed by atoms with E-state index in [1.165, 1.54) is 0 Å². The van der Waals surface area contributed by atoms with Crippen molar-refractivity contribution in [2.75, 3.05) is 13.2 Å². The summed E-state index contributed by atoms with van der Waals surface area (Å²) in [4.78, 5) is 6.71. The van der Waals surface area contributed by atoms with Gasteiger partial charge in [-0.15, -0.1) is 0 Å². The first kappa shape index (κ1) is 16.7. The van der Waals surface area contributed by atoms with Crippen LogP contribution in [0, 0.1) is 0 Å². The molecule has 8 heteroatoms. The van der Waals surface area contributed by atoms with Crippen molar-refractivity contribution in [3.63, 3.8) is 0 Å². The van der Waals surface area contributed by atoms with E-state index in [9.17, 15) is 5.11 Å². The maximum Gasteiger partial charge on any atom is 0.229 e. The SMILES string of the molecule is OC[C@H]1CCCN1Cc1ccc(-c2ccn(Cc3noc(C4CC4)n3)n2)o1. The Morgan fingerprint density at radius 1 is 1.15 bits per heavy atom. The third-order valence-electron chi connectivity index (χ3n) is 5.34. The zero-order valence-electron chi connectivity index (χ0n) is 15.1. The van der Waals surface area contributed by atoms with Crippen molar-refractivity contribution < 1.29 is 14.0 Å². The van der Waals surface area contributed by atoms with Crippen molar-refractivity contribution >= 4 is 0 Å². The molecule has 1 aliphatic carbocycles. The molecule has 4 heterocycles. The van der Waals surface area contributed by atoms with Gasteiger partial charge in [-0.25, -0.2) is 0 Å².